The number of hydrogen-bond donors (Lipinski definition) is 3. The molecule has 116 valence electrons. The number of benzene rings is 1. The molecule has 1 aliphatic heterocycles. The van der Waals surface area contributed by atoms with E-state index in [9.17, 15) is 13.6 Å². The van der Waals surface area contributed by atoms with E-state index in [0.717, 1.165) is 13.1 Å². The first-order valence-electron chi connectivity index (χ1n) is 6.40. The van der Waals surface area contributed by atoms with Gasteiger partial charge in [0, 0.05) is 25.2 Å². The van der Waals surface area contributed by atoms with Gasteiger partial charge < -0.3 is 20.5 Å². The quantitative estimate of drug-likeness (QED) is 0.735. The molecule has 1 heterocycles. The maximum absolute atomic E-state index is 13.8. The van der Waals surface area contributed by atoms with Gasteiger partial charge in [0.15, 0.2) is 17.4 Å². The summed E-state index contributed by atoms with van der Waals surface area (Å²) in [6.07, 6.45) is 0. The molecule has 5 nitrogen and oxygen atoms in total. The summed E-state index contributed by atoms with van der Waals surface area (Å²) >= 11 is 5.91. The van der Waals surface area contributed by atoms with Gasteiger partial charge in [0.25, 0.3) is 0 Å². The van der Waals surface area contributed by atoms with E-state index in [1.807, 2.05) is 0 Å². The molecular formula is C13H15ClF2N2O3. The first-order chi connectivity index (χ1) is 9.93. The monoisotopic (exact) mass is 320 g/mol. The predicted octanol–water partition coefficient (Wildman–Crippen LogP) is 1.57. The molecule has 0 saturated carbocycles. The van der Waals surface area contributed by atoms with Crippen molar-refractivity contribution >= 4 is 17.6 Å². The Hall–Kier alpha value is -1.44. The van der Waals surface area contributed by atoms with Crippen molar-refractivity contribution in [2.75, 3.05) is 26.2 Å². The lowest BCUT2D eigenvalue weighted by molar-refractivity contribution is 0.0684. The van der Waals surface area contributed by atoms with Gasteiger partial charge in [-0.05, 0) is 6.92 Å². The molecule has 1 atom stereocenters. The smallest absolute Gasteiger partial charge is 0.342 e. The van der Waals surface area contributed by atoms with E-state index < -0.39 is 23.2 Å². The van der Waals surface area contributed by atoms with Crippen LogP contribution in [0.2, 0.25) is 5.02 Å². The normalized spacial score (nSPS) is 18.6. The summed E-state index contributed by atoms with van der Waals surface area (Å²) in [6, 6.07) is -0.0649. The Labute approximate surface area is 125 Å². The fraction of sp³-hybridized carbons (Fsp3) is 0.462. The van der Waals surface area contributed by atoms with Crippen LogP contribution in [0.15, 0.2) is 0 Å². The lowest BCUT2D eigenvalue weighted by Gasteiger charge is -2.25. The third kappa shape index (κ3) is 3.25. The van der Waals surface area contributed by atoms with Gasteiger partial charge in [0.1, 0.15) is 12.2 Å². The van der Waals surface area contributed by atoms with Gasteiger partial charge in [0.05, 0.1) is 11.1 Å². The average Bonchev–Trinajstić information content (AvgIpc) is 2.48. The first-order valence-corrected chi connectivity index (χ1v) is 6.78. The summed E-state index contributed by atoms with van der Waals surface area (Å²) in [5.74, 6) is -4.71. The highest BCUT2D eigenvalue weighted by atomic mass is 35.5. The predicted molar refractivity (Wildman–Crippen MR) is 73.2 cm³/mol. The highest BCUT2D eigenvalue weighted by molar-refractivity contribution is 6.33. The molecular weight excluding hydrogens is 306 g/mol. The van der Waals surface area contributed by atoms with E-state index in [1.165, 1.54) is 6.92 Å². The van der Waals surface area contributed by atoms with Gasteiger partial charge in [-0.25, -0.2) is 13.6 Å². The minimum Gasteiger partial charge on any atom is -0.489 e. The fourth-order valence-electron chi connectivity index (χ4n) is 2.09. The van der Waals surface area contributed by atoms with Crippen molar-refractivity contribution in [2.24, 2.45) is 0 Å². The van der Waals surface area contributed by atoms with Crippen molar-refractivity contribution in [2.45, 2.75) is 13.0 Å². The summed E-state index contributed by atoms with van der Waals surface area (Å²) in [6.45, 7) is 3.55. The van der Waals surface area contributed by atoms with Crippen molar-refractivity contribution in [3.63, 3.8) is 0 Å². The van der Waals surface area contributed by atoms with Crippen molar-refractivity contribution in [1.82, 2.24) is 10.6 Å². The van der Waals surface area contributed by atoms with Crippen LogP contribution in [-0.4, -0.2) is 43.4 Å². The van der Waals surface area contributed by atoms with Gasteiger partial charge in [-0.1, -0.05) is 11.6 Å². The highest BCUT2D eigenvalue weighted by Crippen LogP contribution is 2.36. The lowest BCUT2D eigenvalue weighted by Crippen LogP contribution is -2.51. The van der Waals surface area contributed by atoms with Crippen LogP contribution in [0.5, 0.6) is 5.75 Å². The Bertz CT molecular complexity index is 563. The minimum absolute atomic E-state index is 0.0649. The molecule has 0 radical (unpaired) electrons. The van der Waals surface area contributed by atoms with E-state index in [2.05, 4.69) is 10.6 Å². The zero-order valence-electron chi connectivity index (χ0n) is 11.3. The molecule has 0 amide bonds. The summed E-state index contributed by atoms with van der Waals surface area (Å²) in [7, 11) is 0. The lowest BCUT2D eigenvalue weighted by atomic mass is 10.1. The maximum Gasteiger partial charge on any atom is 0.342 e. The van der Waals surface area contributed by atoms with Crippen LogP contribution in [0.25, 0.3) is 0 Å². The van der Waals surface area contributed by atoms with Crippen molar-refractivity contribution < 1.29 is 23.4 Å². The van der Waals surface area contributed by atoms with Crippen LogP contribution in [0.3, 0.4) is 0 Å². The molecule has 21 heavy (non-hydrogen) atoms. The average molecular weight is 321 g/mol. The van der Waals surface area contributed by atoms with Crippen LogP contribution in [0, 0.1) is 18.6 Å². The van der Waals surface area contributed by atoms with Crippen LogP contribution >= 0.6 is 11.6 Å². The summed E-state index contributed by atoms with van der Waals surface area (Å²) in [5.41, 5.74) is -1.06. The molecule has 3 N–H and O–H groups in total. The highest BCUT2D eigenvalue weighted by Gasteiger charge is 2.28. The van der Waals surface area contributed by atoms with E-state index in [0.29, 0.717) is 6.54 Å². The number of aromatic carboxylic acids is 1. The van der Waals surface area contributed by atoms with Crippen LogP contribution in [0.4, 0.5) is 8.78 Å². The molecule has 1 saturated heterocycles. The molecule has 0 spiro atoms. The Morgan fingerprint density at radius 2 is 2.14 bits per heavy atom. The van der Waals surface area contributed by atoms with E-state index in [4.69, 9.17) is 21.4 Å². The van der Waals surface area contributed by atoms with E-state index >= 15 is 0 Å². The molecule has 1 aromatic carbocycles. The van der Waals surface area contributed by atoms with Crippen molar-refractivity contribution in [3.05, 3.63) is 27.8 Å². The second kappa shape index (κ2) is 6.55. The molecule has 8 heteroatoms. The number of rotatable bonds is 4. The van der Waals surface area contributed by atoms with Gasteiger partial charge in [-0.2, -0.15) is 0 Å². The Morgan fingerprint density at radius 1 is 1.43 bits per heavy atom. The van der Waals surface area contributed by atoms with E-state index in [-0.39, 0.29) is 29.0 Å². The first kappa shape index (κ1) is 15.9. The summed E-state index contributed by atoms with van der Waals surface area (Å²) in [5, 5.41) is 15.1. The number of ether oxygens (including phenoxy) is 1. The maximum atomic E-state index is 13.8. The molecule has 1 unspecified atom stereocenters. The van der Waals surface area contributed by atoms with Crippen molar-refractivity contribution in [1.29, 1.82) is 0 Å². The van der Waals surface area contributed by atoms with Crippen molar-refractivity contribution in [3.8, 4) is 5.75 Å². The molecule has 1 fully saturated rings. The van der Waals surface area contributed by atoms with Gasteiger partial charge in [0.2, 0.25) is 0 Å². The summed E-state index contributed by atoms with van der Waals surface area (Å²) < 4.78 is 32.7. The van der Waals surface area contributed by atoms with Crippen LogP contribution in [0.1, 0.15) is 15.9 Å². The number of carbonyl (C=O) groups is 1. The van der Waals surface area contributed by atoms with Crippen LogP contribution < -0.4 is 15.4 Å². The zero-order valence-corrected chi connectivity index (χ0v) is 12.1. The topological polar surface area (TPSA) is 70.6 Å². The van der Waals surface area contributed by atoms with Gasteiger partial charge >= 0.3 is 5.97 Å². The SMILES string of the molecule is Cc1c(F)c(F)c(C(=O)O)c(OCC2CNCCN2)c1Cl. The van der Waals surface area contributed by atoms with E-state index in [1.54, 1.807) is 0 Å². The molecule has 2 rings (SSSR count). The molecule has 1 aliphatic rings. The Balaban J connectivity index is 2.30. The number of hydrogen-bond acceptors (Lipinski definition) is 4. The van der Waals surface area contributed by atoms with Gasteiger partial charge in [-0.3, -0.25) is 0 Å². The Morgan fingerprint density at radius 3 is 2.71 bits per heavy atom. The largest absolute Gasteiger partial charge is 0.489 e. The number of carboxylic acid groups (broad SMARTS) is 1. The number of carboxylic acids is 1. The van der Waals surface area contributed by atoms with Gasteiger partial charge in [-0.15, -0.1) is 0 Å². The molecule has 0 aromatic heterocycles. The Kier molecular flexibility index (Phi) is 4.97. The zero-order chi connectivity index (χ0) is 15.6. The van der Waals surface area contributed by atoms with Crippen LogP contribution in [-0.2, 0) is 0 Å². The number of piperazine rings is 1. The standard InChI is InChI=1S/C13H15ClF2N2O3/c1-6-9(14)12(8(13(19)20)11(16)10(6)15)21-5-7-4-17-2-3-18-7/h7,17-18H,2-5H2,1H3,(H,19,20). The third-order valence-corrected chi connectivity index (χ3v) is 3.72. The molecule has 1 aromatic rings. The summed E-state index contributed by atoms with van der Waals surface area (Å²) in [4.78, 5) is 11.1. The molecule has 0 bridgehead atoms. The third-order valence-electron chi connectivity index (χ3n) is 3.27. The second-order valence-corrected chi connectivity index (χ2v) is 5.12. The molecule has 0 aliphatic carbocycles. The second-order valence-electron chi connectivity index (χ2n) is 4.74. The number of halogens is 3. The fourth-order valence-corrected chi connectivity index (χ4v) is 2.32. The number of nitrogens with one attached hydrogen (secondary N) is 2. The minimum atomic E-state index is -1.63.